The molecule has 1 aliphatic rings. The lowest BCUT2D eigenvalue weighted by atomic mass is 10.2. The van der Waals surface area contributed by atoms with Gasteiger partial charge in [0.1, 0.15) is 5.69 Å². The van der Waals surface area contributed by atoms with E-state index >= 15 is 0 Å². The van der Waals surface area contributed by atoms with Crippen LogP contribution in [0.5, 0.6) is 0 Å². The van der Waals surface area contributed by atoms with Gasteiger partial charge < -0.3 is 15.3 Å². The summed E-state index contributed by atoms with van der Waals surface area (Å²) in [6, 6.07) is 1.65. The number of hydrogen-bond donors (Lipinski definition) is 3. The number of rotatable bonds is 8. The molecule has 162 valence electrons. The van der Waals surface area contributed by atoms with E-state index in [-0.39, 0.29) is 37.6 Å². The number of nitrogens with one attached hydrogen (secondary N) is 1. The third-order valence-corrected chi connectivity index (χ3v) is 4.04. The summed E-state index contributed by atoms with van der Waals surface area (Å²) in [7, 11) is 0. The van der Waals surface area contributed by atoms with Gasteiger partial charge in [0.15, 0.2) is 11.6 Å². The Morgan fingerprint density at radius 3 is 2.52 bits per heavy atom. The molecule has 0 aliphatic carbocycles. The van der Waals surface area contributed by atoms with Gasteiger partial charge in [-0.15, -0.1) is 0 Å². The summed E-state index contributed by atoms with van der Waals surface area (Å²) in [5, 5.41) is 22.7. The van der Waals surface area contributed by atoms with Gasteiger partial charge >= 0.3 is 6.43 Å². The van der Waals surface area contributed by atoms with Gasteiger partial charge in [-0.25, -0.2) is 13.8 Å². The van der Waals surface area contributed by atoms with Crippen molar-refractivity contribution in [2.75, 3.05) is 49.3 Å². The van der Waals surface area contributed by atoms with Gasteiger partial charge in [-0.1, -0.05) is 0 Å². The van der Waals surface area contributed by atoms with Crippen LogP contribution < -0.4 is 15.3 Å². The molecule has 1 aromatic carbocycles. The summed E-state index contributed by atoms with van der Waals surface area (Å²) in [6.07, 6.45) is -4.28. The molecule has 2 amide bonds. The monoisotopic (exact) mass is 424 g/mol. The lowest BCUT2D eigenvalue weighted by molar-refractivity contribution is -0.166. The molecular formula is C16H20F4N4O5. The Balaban J connectivity index is 2.04. The average Bonchev–Trinajstić information content (AvgIpc) is 2.90. The number of anilines is 2. The molecule has 0 bridgehead atoms. The highest BCUT2D eigenvalue weighted by Gasteiger charge is 2.23. The molecule has 0 saturated carbocycles. The second-order valence-corrected chi connectivity index (χ2v) is 6.11. The highest BCUT2D eigenvalue weighted by Crippen LogP contribution is 2.29. The normalized spacial score (nSPS) is 15.8. The summed E-state index contributed by atoms with van der Waals surface area (Å²) in [5.41, 5.74) is -0.702. The van der Waals surface area contributed by atoms with Crippen LogP contribution in [-0.2, 0) is 14.4 Å². The Morgan fingerprint density at radius 2 is 1.93 bits per heavy atom. The van der Waals surface area contributed by atoms with Crippen LogP contribution in [0.15, 0.2) is 12.1 Å². The van der Waals surface area contributed by atoms with E-state index < -0.39 is 43.2 Å². The van der Waals surface area contributed by atoms with Crippen molar-refractivity contribution in [2.45, 2.75) is 12.5 Å². The van der Waals surface area contributed by atoms with E-state index in [1.165, 1.54) is 4.90 Å². The maximum atomic E-state index is 14.5. The molecule has 1 aliphatic heterocycles. The number of carbonyl (C=O) groups is 2. The van der Waals surface area contributed by atoms with E-state index in [1.807, 2.05) is 0 Å². The van der Waals surface area contributed by atoms with Gasteiger partial charge in [0, 0.05) is 31.8 Å². The number of alkyl halides is 2. The van der Waals surface area contributed by atoms with Crippen LogP contribution in [0.25, 0.3) is 0 Å². The zero-order valence-electron chi connectivity index (χ0n) is 15.1. The van der Waals surface area contributed by atoms with Crippen LogP contribution in [0.1, 0.15) is 0 Å². The minimum absolute atomic E-state index is 0.0298. The van der Waals surface area contributed by atoms with Gasteiger partial charge in [-0.3, -0.25) is 24.7 Å². The first-order valence-electron chi connectivity index (χ1n) is 8.52. The van der Waals surface area contributed by atoms with Crippen molar-refractivity contribution >= 4 is 23.7 Å². The smallest absolute Gasteiger partial charge is 0.315 e. The predicted molar refractivity (Wildman–Crippen MR) is 91.4 cm³/mol. The van der Waals surface area contributed by atoms with Crippen LogP contribution >= 0.6 is 0 Å². The molecule has 1 saturated heterocycles. The fourth-order valence-electron chi connectivity index (χ4n) is 2.64. The summed E-state index contributed by atoms with van der Waals surface area (Å²) in [6.45, 7) is -0.854. The number of nitrogens with zero attached hydrogens (tertiary/aromatic N) is 3. The standard InChI is InChI=1S/C16H20F4N4O5/c17-12-5-10(24(28)8-11(26)7-21-16(27)15(19)20)6-13(18)14(12)22-1-2-23(9-25)29-4-3-22/h5-6,9,11,15,26,28H,1-4,7-8H2,(H,21,27)/t11-/m0/s1. The average molecular weight is 424 g/mol. The molecule has 29 heavy (non-hydrogen) atoms. The van der Waals surface area contributed by atoms with Crippen molar-refractivity contribution in [3.63, 3.8) is 0 Å². The first-order valence-corrected chi connectivity index (χ1v) is 8.52. The molecule has 13 heteroatoms. The second-order valence-electron chi connectivity index (χ2n) is 6.11. The van der Waals surface area contributed by atoms with Crippen LogP contribution in [0.3, 0.4) is 0 Å². The zero-order valence-corrected chi connectivity index (χ0v) is 15.1. The van der Waals surface area contributed by atoms with Crippen LogP contribution in [-0.4, -0.2) is 79.6 Å². The molecule has 0 aromatic heterocycles. The quantitative estimate of drug-likeness (QED) is 0.309. The molecular weight excluding hydrogens is 404 g/mol. The number of benzene rings is 1. The van der Waals surface area contributed by atoms with Crippen molar-refractivity contribution in [3.05, 3.63) is 23.8 Å². The minimum atomic E-state index is -3.26. The van der Waals surface area contributed by atoms with Gasteiger partial charge in [-0.05, 0) is 0 Å². The fourth-order valence-corrected chi connectivity index (χ4v) is 2.64. The summed E-state index contributed by atoms with van der Waals surface area (Å²) in [4.78, 5) is 27.9. The van der Waals surface area contributed by atoms with Crippen LogP contribution in [0.2, 0.25) is 0 Å². The largest absolute Gasteiger partial charge is 0.389 e. The molecule has 3 N–H and O–H groups in total. The minimum Gasteiger partial charge on any atom is -0.389 e. The van der Waals surface area contributed by atoms with E-state index in [2.05, 4.69) is 0 Å². The molecule has 2 rings (SSSR count). The first kappa shape index (κ1) is 22.6. The lowest BCUT2D eigenvalue weighted by Crippen LogP contribution is -2.41. The van der Waals surface area contributed by atoms with E-state index in [9.17, 15) is 37.5 Å². The molecule has 0 radical (unpaired) electrons. The van der Waals surface area contributed by atoms with E-state index in [4.69, 9.17) is 4.84 Å². The highest BCUT2D eigenvalue weighted by molar-refractivity contribution is 5.79. The maximum Gasteiger partial charge on any atom is 0.315 e. The van der Waals surface area contributed by atoms with E-state index in [0.29, 0.717) is 11.5 Å². The van der Waals surface area contributed by atoms with Crippen molar-refractivity contribution in [3.8, 4) is 0 Å². The molecule has 1 heterocycles. The summed E-state index contributed by atoms with van der Waals surface area (Å²) < 4.78 is 53.2. The van der Waals surface area contributed by atoms with Crippen LogP contribution in [0, 0.1) is 11.6 Å². The third-order valence-electron chi connectivity index (χ3n) is 4.04. The SMILES string of the molecule is O=CN1CCN(c2c(F)cc(N(O)C[C@@H](O)CNC(=O)C(F)F)cc2F)CCO1. The summed E-state index contributed by atoms with van der Waals surface area (Å²) >= 11 is 0. The molecule has 1 atom stereocenters. The Labute approximate surface area is 162 Å². The number of hydroxylamine groups is 3. The number of hydrogen-bond acceptors (Lipinski definition) is 7. The first-order chi connectivity index (χ1) is 13.7. The highest BCUT2D eigenvalue weighted by atomic mass is 19.3. The molecule has 9 nitrogen and oxygen atoms in total. The number of halogens is 4. The van der Waals surface area contributed by atoms with E-state index in [0.717, 1.165) is 17.2 Å². The number of carbonyl (C=O) groups excluding carboxylic acids is 2. The predicted octanol–water partition coefficient (Wildman–Crippen LogP) is 0.113. The van der Waals surface area contributed by atoms with Gasteiger partial charge in [0.25, 0.3) is 5.91 Å². The molecule has 0 unspecified atom stereocenters. The number of amides is 2. The van der Waals surface area contributed by atoms with Gasteiger partial charge in [0.2, 0.25) is 6.41 Å². The molecule has 0 spiro atoms. The van der Waals surface area contributed by atoms with Gasteiger partial charge in [-0.2, -0.15) is 8.78 Å². The van der Waals surface area contributed by atoms with Crippen molar-refractivity contribution in [2.24, 2.45) is 0 Å². The van der Waals surface area contributed by atoms with Crippen molar-refractivity contribution in [1.29, 1.82) is 0 Å². The van der Waals surface area contributed by atoms with E-state index in [1.54, 1.807) is 5.32 Å². The van der Waals surface area contributed by atoms with Crippen LogP contribution in [0.4, 0.5) is 28.9 Å². The Hall–Kier alpha value is -2.64. The van der Waals surface area contributed by atoms with Crippen molar-refractivity contribution in [1.82, 2.24) is 10.4 Å². The Morgan fingerprint density at radius 1 is 1.28 bits per heavy atom. The number of aliphatic hydroxyl groups is 1. The second kappa shape index (κ2) is 10.2. The zero-order chi connectivity index (χ0) is 21.6. The Kier molecular flexibility index (Phi) is 7.99. The summed E-state index contributed by atoms with van der Waals surface area (Å²) in [5.74, 6) is -3.59. The topological polar surface area (TPSA) is 106 Å². The van der Waals surface area contributed by atoms with Crippen molar-refractivity contribution < 1.29 is 42.3 Å². The molecule has 1 fully saturated rings. The third kappa shape index (κ3) is 6.17. The Bertz CT molecular complexity index is 704. The number of aliphatic hydroxyl groups excluding tert-OH is 1. The lowest BCUT2D eigenvalue weighted by Gasteiger charge is -2.25. The maximum absolute atomic E-state index is 14.5. The molecule has 1 aromatic rings. The van der Waals surface area contributed by atoms with Gasteiger partial charge in [0.05, 0.1) is 31.5 Å². The fraction of sp³-hybridized carbons (Fsp3) is 0.500.